The van der Waals surface area contributed by atoms with Gasteiger partial charge in [-0.3, -0.25) is 4.99 Å². The van der Waals surface area contributed by atoms with Crippen molar-refractivity contribution in [3.05, 3.63) is 12.2 Å². The van der Waals surface area contributed by atoms with Crippen LogP contribution in [0.15, 0.2) is 11.3 Å². The molecule has 2 aliphatic rings. The number of rotatable bonds is 3. The Balaban J connectivity index is 0.00000192. The van der Waals surface area contributed by atoms with Gasteiger partial charge >= 0.3 is 0 Å². The third-order valence-electron chi connectivity index (χ3n) is 4.74. The van der Waals surface area contributed by atoms with Crippen LogP contribution in [-0.4, -0.2) is 51.1 Å². The molecule has 0 bridgehead atoms. The highest BCUT2D eigenvalue weighted by Crippen LogP contribution is 2.27. The smallest absolute Gasteiger partial charge is 0.191 e. The van der Waals surface area contributed by atoms with Crippen molar-refractivity contribution in [1.29, 1.82) is 0 Å². The number of guanidine groups is 1. The van der Waals surface area contributed by atoms with Crippen molar-refractivity contribution in [2.24, 2.45) is 4.99 Å². The topological polar surface area (TPSA) is 87.4 Å². The Morgan fingerprint density at radius 1 is 1.43 bits per heavy atom. The number of fused-ring (bicyclic) bond motifs is 1. The zero-order valence-electron chi connectivity index (χ0n) is 13.7. The van der Waals surface area contributed by atoms with Crippen LogP contribution in [0.2, 0.25) is 0 Å². The van der Waals surface area contributed by atoms with Crippen molar-refractivity contribution >= 4 is 29.9 Å². The van der Waals surface area contributed by atoms with Gasteiger partial charge in [0, 0.05) is 26.1 Å². The average Bonchev–Trinajstić information content (AvgIpc) is 3.00. The van der Waals surface area contributed by atoms with Gasteiger partial charge in [-0.2, -0.15) is 5.10 Å². The molecule has 0 aromatic carbocycles. The van der Waals surface area contributed by atoms with Gasteiger partial charge in [-0.05, 0) is 19.3 Å². The maximum absolute atomic E-state index is 10.6. The molecule has 1 saturated carbocycles. The van der Waals surface area contributed by atoms with E-state index >= 15 is 0 Å². The molecule has 0 spiro atoms. The summed E-state index contributed by atoms with van der Waals surface area (Å²) < 4.78 is 1.95. The summed E-state index contributed by atoms with van der Waals surface area (Å²) in [6.45, 7) is 1.37. The van der Waals surface area contributed by atoms with Crippen LogP contribution in [0.4, 0.5) is 0 Å². The molecule has 0 amide bonds. The molecular weight excluding hydrogens is 407 g/mol. The molecule has 1 atom stereocenters. The molecule has 130 valence electrons. The van der Waals surface area contributed by atoms with Gasteiger partial charge in [0.2, 0.25) is 0 Å². The van der Waals surface area contributed by atoms with Gasteiger partial charge in [-0.1, -0.05) is 19.3 Å². The third kappa shape index (κ3) is 4.79. The number of aromatic nitrogens is 3. The molecule has 0 radical (unpaired) electrons. The number of hydrogen-bond donors (Lipinski definition) is 3. The number of aryl methyl sites for hydroxylation is 1. The number of aliphatic imine (C=N–C) groups is 1. The Morgan fingerprint density at radius 3 is 2.96 bits per heavy atom. The summed E-state index contributed by atoms with van der Waals surface area (Å²) in [5.74, 6) is 1.81. The second-order valence-electron chi connectivity index (χ2n) is 6.45. The molecule has 3 N–H and O–H groups in total. The lowest BCUT2D eigenvalue weighted by Crippen LogP contribution is -2.51. The van der Waals surface area contributed by atoms with Gasteiger partial charge in [-0.25, -0.2) is 9.67 Å². The molecule has 0 saturated heterocycles. The number of hydrogen-bond acceptors (Lipinski definition) is 4. The van der Waals surface area contributed by atoms with Gasteiger partial charge in [0.1, 0.15) is 12.2 Å². The van der Waals surface area contributed by atoms with Crippen molar-refractivity contribution in [2.75, 3.05) is 13.6 Å². The van der Waals surface area contributed by atoms with E-state index in [0.29, 0.717) is 12.6 Å². The summed E-state index contributed by atoms with van der Waals surface area (Å²) in [5, 5.41) is 21.5. The van der Waals surface area contributed by atoms with Crippen LogP contribution in [0.5, 0.6) is 0 Å². The molecular formula is C15H27IN6O. The van der Waals surface area contributed by atoms with Crippen molar-refractivity contribution in [2.45, 2.75) is 63.1 Å². The van der Waals surface area contributed by atoms with Crippen LogP contribution < -0.4 is 10.6 Å². The SMILES string of the molecule is CN=C(NCC1(O)CCCCC1)NC1CCc2ncnn2C1.I. The van der Waals surface area contributed by atoms with E-state index in [-0.39, 0.29) is 24.0 Å². The van der Waals surface area contributed by atoms with E-state index in [1.165, 1.54) is 6.42 Å². The normalized spacial score (nSPS) is 23.6. The fourth-order valence-corrected chi connectivity index (χ4v) is 3.38. The summed E-state index contributed by atoms with van der Waals surface area (Å²) >= 11 is 0. The predicted octanol–water partition coefficient (Wildman–Crippen LogP) is 1.07. The Morgan fingerprint density at radius 2 is 2.22 bits per heavy atom. The monoisotopic (exact) mass is 434 g/mol. The van der Waals surface area contributed by atoms with E-state index < -0.39 is 5.60 Å². The van der Waals surface area contributed by atoms with Crippen LogP contribution in [0.3, 0.4) is 0 Å². The van der Waals surface area contributed by atoms with E-state index in [4.69, 9.17) is 0 Å². The van der Waals surface area contributed by atoms with Crippen LogP contribution >= 0.6 is 24.0 Å². The standard InChI is InChI=1S/C15H26N6O.HI/c1-16-14(17-10-15(22)7-3-2-4-8-15)20-12-5-6-13-18-11-19-21(13)9-12;/h11-12,22H,2-10H2,1H3,(H2,16,17,20);1H. The zero-order chi connectivity index (χ0) is 15.4. The third-order valence-corrected chi connectivity index (χ3v) is 4.74. The molecule has 1 aliphatic carbocycles. The van der Waals surface area contributed by atoms with Gasteiger partial charge in [-0.15, -0.1) is 24.0 Å². The maximum atomic E-state index is 10.6. The largest absolute Gasteiger partial charge is 0.388 e. The lowest BCUT2D eigenvalue weighted by molar-refractivity contribution is 0.00854. The van der Waals surface area contributed by atoms with E-state index in [9.17, 15) is 5.11 Å². The van der Waals surface area contributed by atoms with Gasteiger partial charge in [0.25, 0.3) is 0 Å². The maximum Gasteiger partial charge on any atom is 0.191 e. The highest BCUT2D eigenvalue weighted by molar-refractivity contribution is 14.0. The number of nitrogens with zero attached hydrogens (tertiary/aromatic N) is 4. The molecule has 1 unspecified atom stereocenters. The van der Waals surface area contributed by atoms with E-state index in [1.54, 1.807) is 13.4 Å². The van der Waals surface area contributed by atoms with Crippen LogP contribution in [0.1, 0.15) is 44.3 Å². The summed E-state index contributed by atoms with van der Waals surface area (Å²) in [6, 6.07) is 0.293. The Labute approximate surface area is 154 Å². The summed E-state index contributed by atoms with van der Waals surface area (Å²) in [4.78, 5) is 8.52. The van der Waals surface area contributed by atoms with Crippen LogP contribution in [0.25, 0.3) is 0 Å². The first kappa shape index (κ1) is 18.4. The Bertz CT molecular complexity index is 526. The Kier molecular flexibility index (Phi) is 6.63. The van der Waals surface area contributed by atoms with E-state index in [0.717, 1.165) is 56.9 Å². The van der Waals surface area contributed by atoms with Crippen molar-refractivity contribution in [1.82, 2.24) is 25.4 Å². The molecule has 1 aliphatic heterocycles. The predicted molar refractivity (Wildman–Crippen MR) is 100 cm³/mol. The fourth-order valence-electron chi connectivity index (χ4n) is 3.38. The van der Waals surface area contributed by atoms with Crippen LogP contribution in [-0.2, 0) is 13.0 Å². The molecule has 8 heteroatoms. The number of halogens is 1. The molecule has 23 heavy (non-hydrogen) atoms. The first-order valence-corrected chi connectivity index (χ1v) is 8.25. The minimum Gasteiger partial charge on any atom is -0.388 e. The van der Waals surface area contributed by atoms with E-state index in [1.807, 2.05) is 4.68 Å². The van der Waals surface area contributed by atoms with Gasteiger partial charge < -0.3 is 15.7 Å². The molecule has 3 rings (SSSR count). The second kappa shape index (κ2) is 8.27. The van der Waals surface area contributed by atoms with Crippen molar-refractivity contribution in [3.8, 4) is 0 Å². The summed E-state index contributed by atoms with van der Waals surface area (Å²) in [5.41, 5.74) is -0.582. The van der Waals surface area contributed by atoms with E-state index in [2.05, 4.69) is 25.7 Å². The summed E-state index contributed by atoms with van der Waals surface area (Å²) in [7, 11) is 1.77. The highest BCUT2D eigenvalue weighted by atomic mass is 127. The highest BCUT2D eigenvalue weighted by Gasteiger charge is 2.29. The molecule has 2 heterocycles. The van der Waals surface area contributed by atoms with Gasteiger partial charge in [0.05, 0.1) is 12.1 Å². The first-order chi connectivity index (χ1) is 10.7. The quantitative estimate of drug-likeness (QED) is 0.377. The minimum absolute atomic E-state index is 0. The zero-order valence-corrected chi connectivity index (χ0v) is 16.0. The number of nitrogens with one attached hydrogen (secondary N) is 2. The molecule has 1 aromatic rings. The molecule has 7 nitrogen and oxygen atoms in total. The second-order valence-corrected chi connectivity index (χ2v) is 6.45. The number of aliphatic hydroxyl groups is 1. The summed E-state index contributed by atoms with van der Waals surface area (Å²) in [6.07, 6.45) is 8.78. The molecule has 1 fully saturated rings. The minimum atomic E-state index is -0.582. The van der Waals surface area contributed by atoms with Crippen molar-refractivity contribution in [3.63, 3.8) is 0 Å². The average molecular weight is 434 g/mol. The first-order valence-electron chi connectivity index (χ1n) is 8.25. The van der Waals surface area contributed by atoms with Crippen LogP contribution in [0, 0.1) is 0 Å². The lowest BCUT2D eigenvalue weighted by Gasteiger charge is -2.33. The van der Waals surface area contributed by atoms with Crippen molar-refractivity contribution < 1.29 is 5.11 Å². The Hall–Kier alpha value is -0.900. The lowest BCUT2D eigenvalue weighted by atomic mass is 9.85. The van der Waals surface area contributed by atoms with Gasteiger partial charge in [0.15, 0.2) is 5.96 Å². The fraction of sp³-hybridized carbons (Fsp3) is 0.800. The molecule has 1 aromatic heterocycles.